The van der Waals surface area contributed by atoms with Crippen molar-refractivity contribution in [3.05, 3.63) is 52.4 Å². The number of aromatic nitrogens is 1. The Hall–Kier alpha value is -2.30. The van der Waals surface area contributed by atoms with Gasteiger partial charge in [0, 0.05) is 31.6 Å². The van der Waals surface area contributed by atoms with Gasteiger partial charge in [0.05, 0.1) is 5.69 Å². The summed E-state index contributed by atoms with van der Waals surface area (Å²) in [5, 5.41) is 10.8. The Labute approximate surface area is 143 Å². The molecular formula is C19H26N4O. The van der Waals surface area contributed by atoms with E-state index in [1.165, 1.54) is 29.5 Å². The van der Waals surface area contributed by atoms with Crippen molar-refractivity contribution >= 4 is 5.96 Å². The van der Waals surface area contributed by atoms with Crippen LogP contribution < -0.4 is 10.6 Å². The van der Waals surface area contributed by atoms with Gasteiger partial charge >= 0.3 is 0 Å². The predicted octanol–water partition coefficient (Wildman–Crippen LogP) is 2.73. The number of aryl methyl sites for hydroxylation is 3. The first-order valence-corrected chi connectivity index (χ1v) is 8.63. The summed E-state index contributed by atoms with van der Waals surface area (Å²) in [7, 11) is 1.81. The SMILES string of the molecule is CN=C(NCCc1c(C)noc1C)NCC1CCc2ccccc21. The van der Waals surface area contributed by atoms with Gasteiger partial charge in [-0.2, -0.15) is 0 Å². The van der Waals surface area contributed by atoms with Crippen LogP contribution in [0.5, 0.6) is 0 Å². The predicted molar refractivity (Wildman–Crippen MR) is 96.5 cm³/mol. The third-order valence-corrected chi connectivity index (χ3v) is 4.85. The van der Waals surface area contributed by atoms with Crippen molar-refractivity contribution in [2.45, 2.75) is 39.0 Å². The number of hydrogen-bond donors (Lipinski definition) is 2. The third kappa shape index (κ3) is 3.61. The van der Waals surface area contributed by atoms with Crippen LogP contribution in [0, 0.1) is 13.8 Å². The zero-order valence-corrected chi connectivity index (χ0v) is 14.7. The molecule has 1 unspecified atom stereocenters. The highest BCUT2D eigenvalue weighted by atomic mass is 16.5. The normalized spacial score (nSPS) is 17.0. The van der Waals surface area contributed by atoms with E-state index >= 15 is 0 Å². The Morgan fingerprint density at radius 2 is 2.12 bits per heavy atom. The molecule has 0 spiro atoms. The van der Waals surface area contributed by atoms with E-state index in [0.29, 0.717) is 5.92 Å². The van der Waals surface area contributed by atoms with Crippen molar-refractivity contribution in [2.75, 3.05) is 20.1 Å². The van der Waals surface area contributed by atoms with E-state index in [4.69, 9.17) is 4.52 Å². The van der Waals surface area contributed by atoms with Gasteiger partial charge in [-0.25, -0.2) is 0 Å². The minimum atomic E-state index is 0.572. The van der Waals surface area contributed by atoms with E-state index in [1.807, 2.05) is 20.9 Å². The summed E-state index contributed by atoms with van der Waals surface area (Å²) in [5.41, 5.74) is 5.13. The van der Waals surface area contributed by atoms with Gasteiger partial charge in [0.25, 0.3) is 0 Å². The zero-order chi connectivity index (χ0) is 16.9. The molecule has 0 amide bonds. The lowest BCUT2D eigenvalue weighted by atomic mass is 10.0. The molecule has 2 N–H and O–H groups in total. The van der Waals surface area contributed by atoms with E-state index in [9.17, 15) is 0 Å². The van der Waals surface area contributed by atoms with Crippen molar-refractivity contribution in [2.24, 2.45) is 4.99 Å². The molecule has 1 aliphatic carbocycles. The number of benzene rings is 1. The van der Waals surface area contributed by atoms with Crippen LogP contribution in [0.15, 0.2) is 33.8 Å². The third-order valence-electron chi connectivity index (χ3n) is 4.85. The number of nitrogens with one attached hydrogen (secondary N) is 2. The Kier molecular flexibility index (Phi) is 5.18. The molecule has 0 saturated heterocycles. The Morgan fingerprint density at radius 3 is 2.88 bits per heavy atom. The quantitative estimate of drug-likeness (QED) is 0.655. The standard InChI is InChI=1S/C19H26N4O/c1-13-17(14(2)24-23-13)10-11-21-19(20-3)22-12-16-9-8-15-6-4-5-7-18(15)16/h4-7,16H,8-12H2,1-3H3,(H2,20,21,22). The molecule has 1 aromatic carbocycles. The molecule has 0 saturated carbocycles. The molecule has 1 heterocycles. The average Bonchev–Trinajstić information content (AvgIpc) is 3.15. The molecule has 128 valence electrons. The lowest BCUT2D eigenvalue weighted by Gasteiger charge is -2.16. The lowest BCUT2D eigenvalue weighted by Crippen LogP contribution is -2.40. The number of rotatable bonds is 5. The van der Waals surface area contributed by atoms with Crippen molar-refractivity contribution in [1.29, 1.82) is 0 Å². The second-order valence-corrected chi connectivity index (χ2v) is 6.37. The van der Waals surface area contributed by atoms with Gasteiger partial charge in [-0.3, -0.25) is 4.99 Å². The van der Waals surface area contributed by atoms with Crippen molar-refractivity contribution in [3.63, 3.8) is 0 Å². The Morgan fingerprint density at radius 1 is 1.29 bits per heavy atom. The fourth-order valence-corrected chi connectivity index (χ4v) is 3.46. The number of aliphatic imine (C=N–C) groups is 1. The molecule has 1 aliphatic rings. The molecule has 1 atom stereocenters. The topological polar surface area (TPSA) is 62.5 Å². The minimum Gasteiger partial charge on any atom is -0.361 e. The highest BCUT2D eigenvalue weighted by Gasteiger charge is 2.21. The van der Waals surface area contributed by atoms with Gasteiger partial charge in [-0.1, -0.05) is 29.4 Å². The van der Waals surface area contributed by atoms with E-state index in [1.54, 1.807) is 0 Å². The van der Waals surface area contributed by atoms with Crippen molar-refractivity contribution in [3.8, 4) is 0 Å². The first-order valence-electron chi connectivity index (χ1n) is 8.63. The molecule has 0 radical (unpaired) electrons. The van der Waals surface area contributed by atoms with Crippen LogP contribution in [0.1, 0.15) is 40.5 Å². The average molecular weight is 326 g/mol. The lowest BCUT2D eigenvalue weighted by molar-refractivity contribution is 0.392. The Balaban J connectivity index is 1.48. The molecule has 0 bridgehead atoms. The number of guanidine groups is 1. The molecule has 0 fully saturated rings. The second kappa shape index (κ2) is 7.51. The van der Waals surface area contributed by atoms with Gasteiger partial charge in [0.15, 0.2) is 5.96 Å². The number of nitrogens with zero attached hydrogens (tertiary/aromatic N) is 2. The van der Waals surface area contributed by atoms with Gasteiger partial charge < -0.3 is 15.2 Å². The molecule has 24 heavy (non-hydrogen) atoms. The van der Waals surface area contributed by atoms with Crippen LogP contribution in [0.3, 0.4) is 0 Å². The molecule has 5 nitrogen and oxygen atoms in total. The van der Waals surface area contributed by atoms with Gasteiger partial charge in [-0.05, 0) is 44.2 Å². The van der Waals surface area contributed by atoms with Gasteiger partial charge in [-0.15, -0.1) is 0 Å². The highest BCUT2D eigenvalue weighted by Crippen LogP contribution is 2.32. The van der Waals surface area contributed by atoms with E-state index in [2.05, 4.69) is 45.0 Å². The summed E-state index contributed by atoms with van der Waals surface area (Å²) < 4.78 is 5.20. The first-order chi connectivity index (χ1) is 11.7. The molecule has 5 heteroatoms. The monoisotopic (exact) mass is 326 g/mol. The van der Waals surface area contributed by atoms with E-state index in [-0.39, 0.29) is 0 Å². The van der Waals surface area contributed by atoms with Crippen LogP contribution in [0.2, 0.25) is 0 Å². The summed E-state index contributed by atoms with van der Waals surface area (Å²) in [5.74, 6) is 2.33. The molecule has 0 aliphatic heterocycles. The fourth-order valence-electron chi connectivity index (χ4n) is 3.46. The summed E-state index contributed by atoms with van der Waals surface area (Å²) in [6.07, 6.45) is 3.27. The largest absolute Gasteiger partial charge is 0.361 e. The summed E-state index contributed by atoms with van der Waals surface area (Å²) in [6, 6.07) is 8.76. The van der Waals surface area contributed by atoms with Gasteiger partial charge in [0.1, 0.15) is 5.76 Å². The molecule has 1 aromatic heterocycles. The van der Waals surface area contributed by atoms with Crippen LogP contribution >= 0.6 is 0 Å². The first kappa shape index (κ1) is 16.6. The molecule has 3 rings (SSSR count). The maximum Gasteiger partial charge on any atom is 0.191 e. The maximum atomic E-state index is 5.20. The van der Waals surface area contributed by atoms with E-state index < -0.39 is 0 Å². The van der Waals surface area contributed by atoms with Crippen LogP contribution in [-0.2, 0) is 12.8 Å². The fraction of sp³-hybridized carbons (Fsp3) is 0.474. The Bertz CT molecular complexity index is 700. The minimum absolute atomic E-state index is 0.572. The molecular weight excluding hydrogens is 300 g/mol. The summed E-state index contributed by atoms with van der Waals surface area (Å²) >= 11 is 0. The zero-order valence-electron chi connectivity index (χ0n) is 14.7. The maximum absolute atomic E-state index is 5.20. The van der Waals surface area contributed by atoms with Crippen molar-refractivity contribution in [1.82, 2.24) is 15.8 Å². The van der Waals surface area contributed by atoms with E-state index in [0.717, 1.165) is 36.9 Å². The van der Waals surface area contributed by atoms with Crippen LogP contribution in [-0.4, -0.2) is 31.3 Å². The molecule has 2 aromatic rings. The van der Waals surface area contributed by atoms with Crippen molar-refractivity contribution < 1.29 is 4.52 Å². The smallest absolute Gasteiger partial charge is 0.191 e. The highest BCUT2D eigenvalue weighted by molar-refractivity contribution is 5.79. The van der Waals surface area contributed by atoms with Crippen LogP contribution in [0.4, 0.5) is 0 Å². The number of fused-ring (bicyclic) bond motifs is 1. The number of hydrogen-bond acceptors (Lipinski definition) is 3. The summed E-state index contributed by atoms with van der Waals surface area (Å²) in [6.45, 7) is 5.67. The van der Waals surface area contributed by atoms with Crippen LogP contribution in [0.25, 0.3) is 0 Å². The summed E-state index contributed by atoms with van der Waals surface area (Å²) in [4.78, 5) is 4.32. The van der Waals surface area contributed by atoms with Gasteiger partial charge in [0.2, 0.25) is 0 Å². The second-order valence-electron chi connectivity index (χ2n) is 6.37.